The van der Waals surface area contributed by atoms with E-state index in [9.17, 15) is 0 Å². The SMILES string of the molecule is CCCCC(CC)CC(NC)c1cccc(C)c1. The second-order valence-corrected chi connectivity index (χ2v) is 5.41. The third-order valence-corrected chi connectivity index (χ3v) is 3.91. The molecule has 1 nitrogen and oxygen atoms in total. The van der Waals surface area contributed by atoms with Gasteiger partial charge in [0.15, 0.2) is 0 Å². The molecule has 0 aliphatic rings. The van der Waals surface area contributed by atoms with Crippen LogP contribution in [0.25, 0.3) is 0 Å². The molecular weight excluding hydrogens is 218 g/mol. The molecule has 1 aromatic rings. The van der Waals surface area contributed by atoms with Gasteiger partial charge in [0.2, 0.25) is 0 Å². The van der Waals surface area contributed by atoms with Crippen molar-refractivity contribution in [2.24, 2.45) is 5.92 Å². The van der Waals surface area contributed by atoms with Crippen LogP contribution in [0.3, 0.4) is 0 Å². The quantitative estimate of drug-likeness (QED) is 0.691. The van der Waals surface area contributed by atoms with E-state index in [4.69, 9.17) is 0 Å². The topological polar surface area (TPSA) is 12.0 Å². The Hall–Kier alpha value is -0.820. The summed E-state index contributed by atoms with van der Waals surface area (Å²) in [4.78, 5) is 0. The van der Waals surface area contributed by atoms with Gasteiger partial charge in [0.1, 0.15) is 0 Å². The molecule has 1 heteroatoms. The molecule has 1 N–H and O–H groups in total. The molecule has 102 valence electrons. The number of unbranched alkanes of at least 4 members (excludes halogenated alkanes) is 1. The lowest BCUT2D eigenvalue weighted by molar-refractivity contribution is 0.365. The fourth-order valence-electron chi connectivity index (χ4n) is 2.62. The van der Waals surface area contributed by atoms with E-state index in [-0.39, 0.29) is 0 Å². The molecule has 0 saturated heterocycles. The van der Waals surface area contributed by atoms with Crippen molar-refractivity contribution in [3.05, 3.63) is 35.4 Å². The molecule has 0 fully saturated rings. The Morgan fingerprint density at radius 3 is 2.56 bits per heavy atom. The van der Waals surface area contributed by atoms with Crippen molar-refractivity contribution in [2.75, 3.05) is 7.05 Å². The smallest absolute Gasteiger partial charge is 0.0320 e. The zero-order valence-electron chi connectivity index (χ0n) is 12.5. The van der Waals surface area contributed by atoms with Crippen molar-refractivity contribution < 1.29 is 0 Å². The molecule has 0 saturated carbocycles. The average Bonchev–Trinajstić information content (AvgIpc) is 2.39. The van der Waals surface area contributed by atoms with Gasteiger partial charge in [-0.15, -0.1) is 0 Å². The summed E-state index contributed by atoms with van der Waals surface area (Å²) in [6.45, 7) is 6.77. The summed E-state index contributed by atoms with van der Waals surface area (Å²) in [5, 5.41) is 3.49. The molecule has 0 spiro atoms. The van der Waals surface area contributed by atoms with Gasteiger partial charge in [-0.1, -0.05) is 69.4 Å². The normalized spacial score (nSPS) is 14.4. The van der Waals surface area contributed by atoms with Crippen LogP contribution in [-0.2, 0) is 0 Å². The van der Waals surface area contributed by atoms with Gasteiger partial charge in [0, 0.05) is 6.04 Å². The van der Waals surface area contributed by atoms with Crippen molar-refractivity contribution >= 4 is 0 Å². The lowest BCUT2D eigenvalue weighted by Gasteiger charge is -2.23. The highest BCUT2D eigenvalue weighted by atomic mass is 14.9. The zero-order valence-corrected chi connectivity index (χ0v) is 12.5. The van der Waals surface area contributed by atoms with E-state index < -0.39 is 0 Å². The van der Waals surface area contributed by atoms with E-state index in [1.165, 1.54) is 43.2 Å². The first-order valence-corrected chi connectivity index (χ1v) is 7.45. The highest BCUT2D eigenvalue weighted by Gasteiger charge is 2.15. The molecule has 0 aliphatic heterocycles. The van der Waals surface area contributed by atoms with Crippen LogP contribution in [0.2, 0.25) is 0 Å². The minimum Gasteiger partial charge on any atom is -0.313 e. The summed E-state index contributed by atoms with van der Waals surface area (Å²) in [6, 6.07) is 9.41. The third-order valence-electron chi connectivity index (χ3n) is 3.91. The van der Waals surface area contributed by atoms with Crippen molar-refractivity contribution in [3.63, 3.8) is 0 Å². The largest absolute Gasteiger partial charge is 0.313 e. The van der Waals surface area contributed by atoms with Crippen LogP contribution in [0.15, 0.2) is 24.3 Å². The Kier molecular flexibility index (Phi) is 7.04. The fraction of sp³-hybridized carbons (Fsp3) is 0.647. The van der Waals surface area contributed by atoms with Gasteiger partial charge in [-0.3, -0.25) is 0 Å². The minimum atomic E-state index is 0.506. The highest BCUT2D eigenvalue weighted by molar-refractivity contribution is 5.25. The van der Waals surface area contributed by atoms with Crippen LogP contribution in [0, 0.1) is 12.8 Å². The van der Waals surface area contributed by atoms with Crippen LogP contribution in [0.4, 0.5) is 0 Å². The Bertz CT molecular complexity index is 332. The Morgan fingerprint density at radius 1 is 1.22 bits per heavy atom. The van der Waals surface area contributed by atoms with Gasteiger partial charge >= 0.3 is 0 Å². The van der Waals surface area contributed by atoms with E-state index in [2.05, 4.69) is 57.4 Å². The first-order chi connectivity index (χ1) is 8.71. The summed E-state index contributed by atoms with van der Waals surface area (Å²) >= 11 is 0. The predicted molar refractivity (Wildman–Crippen MR) is 80.9 cm³/mol. The molecule has 0 heterocycles. The van der Waals surface area contributed by atoms with Gasteiger partial charge in [0.05, 0.1) is 0 Å². The van der Waals surface area contributed by atoms with Crippen molar-refractivity contribution in [1.82, 2.24) is 5.32 Å². The van der Waals surface area contributed by atoms with Crippen LogP contribution in [0.5, 0.6) is 0 Å². The van der Waals surface area contributed by atoms with Crippen LogP contribution in [0.1, 0.15) is 63.1 Å². The first kappa shape index (κ1) is 15.2. The number of aryl methyl sites for hydroxylation is 1. The molecule has 0 amide bonds. The monoisotopic (exact) mass is 247 g/mol. The molecule has 1 aromatic carbocycles. The van der Waals surface area contributed by atoms with E-state index in [1.807, 2.05) is 0 Å². The number of hydrogen-bond acceptors (Lipinski definition) is 1. The fourth-order valence-corrected chi connectivity index (χ4v) is 2.62. The summed E-state index contributed by atoms with van der Waals surface area (Å²) in [5.41, 5.74) is 2.79. The van der Waals surface area contributed by atoms with E-state index in [0.29, 0.717) is 6.04 Å². The molecule has 2 atom stereocenters. The standard InChI is InChI=1S/C17H29N/c1-5-7-10-15(6-2)13-17(18-4)16-11-8-9-14(3)12-16/h8-9,11-12,15,17-18H,5-7,10,13H2,1-4H3. The van der Waals surface area contributed by atoms with Crippen LogP contribution < -0.4 is 5.32 Å². The average molecular weight is 247 g/mol. The predicted octanol–water partition coefficient (Wildman–Crippen LogP) is 4.86. The van der Waals surface area contributed by atoms with E-state index >= 15 is 0 Å². The highest BCUT2D eigenvalue weighted by Crippen LogP contribution is 2.26. The molecule has 2 unspecified atom stereocenters. The molecule has 0 aromatic heterocycles. The summed E-state index contributed by atoms with van der Waals surface area (Å²) in [5.74, 6) is 0.850. The molecule has 0 radical (unpaired) electrons. The van der Waals surface area contributed by atoms with Gasteiger partial charge < -0.3 is 5.32 Å². The summed E-state index contributed by atoms with van der Waals surface area (Å²) in [6.07, 6.45) is 6.60. The Labute approximate surface area is 113 Å². The lowest BCUT2D eigenvalue weighted by Crippen LogP contribution is -2.20. The Morgan fingerprint density at radius 2 is 2.00 bits per heavy atom. The van der Waals surface area contributed by atoms with Crippen LogP contribution in [-0.4, -0.2) is 7.05 Å². The first-order valence-electron chi connectivity index (χ1n) is 7.45. The van der Waals surface area contributed by atoms with Gasteiger partial charge in [-0.05, 0) is 31.9 Å². The zero-order chi connectivity index (χ0) is 13.4. The molecule has 0 aliphatic carbocycles. The van der Waals surface area contributed by atoms with Crippen molar-refractivity contribution in [3.8, 4) is 0 Å². The maximum absolute atomic E-state index is 3.49. The molecular formula is C17H29N. The van der Waals surface area contributed by atoms with Gasteiger partial charge in [0.25, 0.3) is 0 Å². The number of hydrogen-bond donors (Lipinski definition) is 1. The van der Waals surface area contributed by atoms with Crippen molar-refractivity contribution in [2.45, 2.75) is 58.9 Å². The number of rotatable bonds is 8. The lowest BCUT2D eigenvalue weighted by atomic mass is 9.89. The minimum absolute atomic E-state index is 0.506. The number of nitrogens with one attached hydrogen (secondary N) is 1. The molecule has 0 bridgehead atoms. The van der Waals surface area contributed by atoms with Crippen molar-refractivity contribution in [1.29, 1.82) is 0 Å². The maximum atomic E-state index is 3.49. The van der Waals surface area contributed by atoms with E-state index in [0.717, 1.165) is 5.92 Å². The van der Waals surface area contributed by atoms with Gasteiger partial charge in [-0.2, -0.15) is 0 Å². The second kappa shape index (κ2) is 8.31. The van der Waals surface area contributed by atoms with Gasteiger partial charge in [-0.25, -0.2) is 0 Å². The van der Waals surface area contributed by atoms with Crippen LogP contribution >= 0.6 is 0 Å². The maximum Gasteiger partial charge on any atom is 0.0320 e. The van der Waals surface area contributed by atoms with E-state index in [1.54, 1.807) is 0 Å². The Balaban J connectivity index is 2.65. The third kappa shape index (κ3) is 4.81. The number of benzene rings is 1. The summed E-state index contributed by atoms with van der Waals surface area (Å²) in [7, 11) is 2.08. The second-order valence-electron chi connectivity index (χ2n) is 5.41. The summed E-state index contributed by atoms with van der Waals surface area (Å²) < 4.78 is 0. The molecule has 1 rings (SSSR count). The molecule has 18 heavy (non-hydrogen) atoms.